The highest BCUT2D eigenvalue weighted by atomic mass is 32.2. The van der Waals surface area contributed by atoms with Crippen molar-refractivity contribution in [2.24, 2.45) is 0 Å². The lowest BCUT2D eigenvalue weighted by Crippen LogP contribution is -2.61. The van der Waals surface area contributed by atoms with Crippen LogP contribution < -0.4 is 16.0 Å². The van der Waals surface area contributed by atoms with E-state index in [9.17, 15) is 28.8 Å². The van der Waals surface area contributed by atoms with Gasteiger partial charge in [0.05, 0.1) is 17.1 Å². The van der Waals surface area contributed by atoms with Gasteiger partial charge in [0, 0.05) is 52.1 Å². The van der Waals surface area contributed by atoms with E-state index in [0.717, 1.165) is 32.5 Å². The Morgan fingerprint density at radius 3 is 1.80 bits per heavy atom. The fourth-order valence-corrected chi connectivity index (χ4v) is 5.66. The van der Waals surface area contributed by atoms with Gasteiger partial charge in [-0.3, -0.25) is 28.8 Å². The number of para-hydroxylation sites is 1. The maximum Gasteiger partial charge on any atom is 0.303 e. The Bertz CT molecular complexity index is 1440. The summed E-state index contributed by atoms with van der Waals surface area (Å²) in [6.07, 6.45) is -5.18. The molecular formula is C30H35N3O11S. The summed E-state index contributed by atoms with van der Waals surface area (Å²) in [5, 5.41) is 8.70. The maximum atomic E-state index is 12.3. The van der Waals surface area contributed by atoms with Crippen molar-refractivity contribution in [3.63, 3.8) is 0 Å². The smallest absolute Gasteiger partial charge is 0.303 e. The zero-order valence-electron chi connectivity index (χ0n) is 25.5. The van der Waals surface area contributed by atoms with Gasteiger partial charge >= 0.3 is 23.9 Å². The minimum absolute atomic E-state index is 0.266. The van der Waals surface area contributed by atoms with Crippen LogP contribution in [-0.2, 0) is 52.5 Å². The number of esters is 4. The number of hydrogen-bond donors (Lipinski definition) is 3. The van der Waals surface area contributed by atoms with Crippen molar-refractivity contribution in [2.75, 3.05) is 22.6 Å². The molecular weight excluding hydrogens is 610 g/mol. The summed E-state index contributed by atoms with van der Waals surface area (Å²) in [5.41, 5.74) is 0.594. The van der Waals surface area contributed by atoms with Gasteiger partial charge in [-0.25, -0.2) is 0 Å². The van der Waals surface area contributed by atoms with E-state index in [1.807, 2.05) is 30.3 Å². The molecule has 0 bridgehead atoms. The molecule has 0 saturated carbocycles. The maximum absolute atomic E-state index is 12.3. The minimum atomic E-state index is -1.37. The molecule has 0 spiro atoms. The molecule has 14 nitrogen and oxygen atoms in total. The van der Waals surface area contributed by atoms with E-state index in [-0.39, 0.29) is 11.6 Å². The molecule has 242 valence electrons. The number of anilines is 4. The molecule has 0 aromatic heterocycles. The topological polar surface area (TPSA) is 185 Å². The lowest BCUT2D eigenvalue weighted by Gasteiger charge is -2.44. The number of thioether (sulfide) groups is 1. The van der Waals surface area contributed by atoms with Crippen molar-refractivity contribution >= 4 is 70.2 Å². The molecule has 45 heavy (non-hydrogen) atoms. The zero-order chi connectivity index (χ0) is 33.3. The van der Waals surface area contributed by atoms with Gasteiger partial charge in [0.15, 0.2) is 18.3 Å². The van der Waals surface area contributed by atoms with E-state index in [1.165, 1.54) is 20.8 Å². The van der Waals surface area contributed by atoms with E-state index in [1.54, 1.807) is 12.1 Å². The highest BCUT2D eigenvalue weighted by Crippen LogP contribution is 2.43. The number of hydrogen-bond acceptors (Lipinski definition) is 13. The van der Waals surface area contributed by atoms with Crippen LogP contribution in [0.4, 0.5) is 22.7 Å². The number of carbonyl (C=O) groups is 6. The monoisotopic (exact) mass is 645 g/mol. The molecule has 1 aliphatic heterocycles. The summed E-state index contributed by atoms with van der Waals surface area (Å²) in [5.74, 6) is -3.69. The van der Waals surface area contributed by atoms with Gasteiger partial charge in [-0.2, -0.15) is 0 Å². The van der Waals surface area contributed by atoms with Gasteiger partial charge in [0.25, 0.3) is 0 Å². The van der Waals surface area contributed by atoms with Crippen LogP contribution in [0.5, 0.6) is 0 Å². The largest absolute Gasteiger partial charge is 0.463 e. The van der Waals surface area contributed by atoms with Gasteiger partial charge in [0.1, 0.15) is 18.1 Å². The van der Waals surface area contributed by atoms with Crippen molar-refractivity contribution in [1.82, 2.24) is 0 Å². The fraction of sp³-hybridized carbons (Fsp3) is 0.400. The summed E-state index contributed by atoms with van der Waals surface area (Å²) in [6.45, 7) is 6.83. The third-order valence-corrected chi connectivity index (χ3v) is 7.19. The van der Waals surface area contributed by atoms with Gasteiger partial charge in [-0.1, -0.05) is 30.0 Å². The standard InChI is InChI=1S/C30H35N3O11S/c1-15(34)31-22-12-24(32-16(2)35)26(13-23(22)33-21-10-8-7-9-11-21)45-30-29(43-20(6)39)28(42-19(5)38)27(41-18(4)37)25(44-30)14-40-17(3)36/h7-13,25,27-30,33H,14H2,1-6H3,(H,31,34)(H,32,35)/t25-,27+,28+,29-,30+/m1/s1. The molecule has 2 aromatic rings. The minimum Gasteiger partial charge on any atom is -0.463 e. The molecule has 5 atom stereocenters. The number of nitrogens with one attached hydrogen (secondary N) is 3. The lowest BCUT2D eigenvalue weighted by molar-refractivity contribution is -0.237. The van der Waals surface area contributed by atoms with Gasteiger partial charge in [0.2, 0.25) is 11.8 Å². The van der Waals surface area contributed by atoms with Gasteiger partial charge in [-0.05, 0) is 24.3 Å². The lowest BCUT2D eigenvalue weighted by atomic mass is 9.99. The summed E-state index contributed by atoms with van der Waals surface area (Å²) >= 11 is 0.986. The average molecular weight is 646 g/mol. The molecule has 0 unspecified atom stereocenters. The Morgan fingerprint density at radius 1 is 0.689 bits per heavy atom. The first-order valence-electron chi connectivity index (χ1n) is 13.8. The predicted molar refractivity (Wildman–Crippen MR) is 163 cm³/mol. The first-order valence-corrected chi connectivity index (χ1v) is 14.6. The van der Waals surface area contributed by atoms with Crippen LogP contribution in [0.25, 0.3) is 0 Å². The molecule has 2 amide bonds. The molecule has 1 heterocycles. The van der Waals surface area contributed by atoms with Crippen molar-refractivity contribution in [3.05, 3.63) is 42.5 Å². The zero-order valence-corrected chi connectivity index (χ0v) is 26.4. The van der Waals surface area contributed by atoms with E-state index in [4.69, 9.17) is 23.7 Å². The normalized spacial score (nSPS) is 20.6. The molecule has 0 aliphatic carbocycles. The Balaban J connectivity index is 2.16. The summed E-state index contributed by atoms with van der Waals surface area (Å²) in [4.78, 5) is 72.9. The second-order valence-corrected chi connectivity index (χ2v) is 11.1. The van der Waals surface area contributed by atoms with Gasteiger partial charge in [-0.15, -0.1) is 0 Å². The predicted octanol–water partition coefficient (Wildman–Crippen LogP) is 3.52. The highest BCUT2D eigenvalue weighted by Gasteiger charge is 2.52. The summed E-state index contributed by atoms with van der Waals surface area (Å²) in [6, 6.07) is 12.3. The number of ether oxygens (including phenoxy) is 5. The van der Waals surface area contributed by atoms with Crippen LogP contribution in [0.15, 0.2) is 47.4 Å². The third kappa shape index (κ3) is 10.5. The molecule has 0 radical (unpaired) electrons. The highest BCUT2D eigenvalue weighted by molar-refractivity contribution is 8.00. The fourth-order valence-electron chi connectivity index (χ4n) is 4.45. The Hall–Kier alpha value is -4.63. The van der Waals surface area contributed by atoms with Gasteiger partial charge < -0.3 is 39.6 Å². The Kier molecular flexibility index (Phi) is 12.3. The number of rotatable bonds is 11. The van der Waals surface area contributed by atoms with E-state index in [0.29, 0.717) is 22.0 Å². The van der Waals surface area contributed by atoms with Crippen LogP contribution in [0.3, 0.4) is 0 Å². The Morgan fingerprint density at radius 2 is 1.24 bits per heavy atom. The second kappa shape index (κ2) is 15.9. The van der Waals surface area contributed by atoms with Crippen LogP contribution in [-0.4, -0.2) is 72.2 Å². The Labute approximate surface area is 263 Å². The molecule has 15 heteroatoms. The average Bonchev–Trinajstić information content (AvgIpc) is 2.92. The van der Waals surface area contributed by atoms with Crippen LogP contribution in [0.1, 0.15) is 41.5 Å². The molecule has 3 rings (SSSR count). The molecule has 1 fully saturated rings. The van der Waals surface area contributed by atoms with Crippen molar-refractivity contribution in [2.45, 2.75) is 76.3 Å². The third-order valence-electron chi connectivity index (χ3n) is 5.99. The van der Waals surface area contributed by atoms with E-state index >= 15 is 0 Å². The van der Waals surface area contributed by atoms with Crippen LogP contribution >= 0.6 is 11.8 Å². The number of amides is 2. The van der Waals surface area contributed by atoms with Crippen LogP contribution in [0, 0.1) is 0 Å². The molecule has 1 aliphatic rings. The number of benzene rings is 2. The quantitative estimate of drug-likeness (QED) is 0.238. The molecule has 2 aromatic carbocycles. The first kappa shape index (κ1) is 34.9. The summed E-state index contributed by atoms with van der Waals surface area (Å²) in [7, 11) is 0. The first-order chi connectivity index (χ1) is 21.2. The molecule has 1 saturated heterocycles. The van der Waals surface area contributed by atoms with E-state index < -0.39 is 66.2 Å². The van der Waals surface area contributed by atoms with Crippen molar-refractivity contribution in [3.8, 4) is 0 Å². The number of carbonyl (C=O) groups excluding carboxylic acids is 6. The van der Waals surface area contributed by atoms with Crippen LogP contribution in [0.2, 0.25) is 0 Å². The second-order valence-electron chi connectivity index (χ2n) is 9.93. The van der Waals surface area contributed by atoms with Crippen molar-refractivity contribution in [1.29, 1.82) is 0 Å². The molecule has 3 N–H and O–H groups in total. The summed E-state index contributed by atoms with van der Waals surface area (Å²) < 4.78 is 27.9. The van der Waals surface area contributed by atoms with E-state index in [2.05, 4.69) is 16.0 Å². The van der Waals surface area contributed by atoms with Crippen molar-refractivity contribution < 1.29 is 52.5 Å². The SMILES string of the molecule is CC(=O)Nc1cc(NC(C)=O)c(S[C@@H]2O[C@H](COC(C)=O)[C@H](OC(C)=O)[C@H](OC(C)=O)[C@H]2OC(C)=O)cc1Nc1ccccc1.